The number of nitrogens with one attached hydrogen (secondary N) is 1. The van der Waals surface area contributed by atoms with Crippen molar-refractivity contribution in [2.24, 2.45) is 0 Å². The average Bonchev–Trinajstić information content (AvgIpc) is 3.00. The zero-order valence-electron chi connectivity index (χ0n) is 11.1. The molecule has 0 bridgehead atoms. The minimum Gasteiger partial charge on any atom is -0.462 e. The number of thiazole rings is 1. The maximum atomic E-state index is 13.4. The number of hydrogen-bond acceptors (Lipinski definition) is 5. The molecule has 0 radical (unpaired) electrons. The molecule has 1 saturated heterocycles. The molecule has 4 nitrogen and oxygen atoms in total. The first-order valence-corrected chi connectivity index (χ1v) is 7.42. The topological polar surface area (TPSA) is 43.4 Å². The van der Waals surface area contributed by atoms with Crippen LogP contribution >= 0.6 is 11.3 Å². The van der Waals surface area contributed by atoms with Gasteiger partial charge in [-0.1, -0.05) is 0 Å². The van der Waals surface area contributed by atoms with Crippen LogP contribution < -0.4 is 10.1 Å². The fraction of sp³-hybridized carbons (Fsp3) is 0.357. The Morgan fingerprint density at radius 1 is 1.48 bits per heavy atom. The van der Waals surface area contributed by atoms with Crippen molar-refractivity contribution in [2.75, 3.05) is 26.6 Å². The van der Waals surface area contributed by atoms with Gasteiger partial charge in [-0.25, -0.2) is 13.8 Å². The summed E-state index contributed by atoms with van der Waals surface area (Å²) in [6, 6.07) is 3.93. The molecule has 1 N–H and O–H groups in total. The molecule has 1 aromatic carbocycles. The van der Waals surface area contributed by atoms with Crippen molar-refractivity contribution in [3.63, 3.8) is 0 Å². The van der Waals surface area contributed by atoms with Crippen molar-refractivity contribution in [1.29, 1.82) is 0 Å². The molecule has 0 aliphatic carbocycles. The fourth-order valence-corrected chi connectivity index (χ4v) is 3.04. The number of ether oxygens (including phenoxy) is 2. The van der Waals surface area contributed by atoms with E-state index >= 15 is 0 Å². The van der Waals surface area contributed by atoms with Gasteiger partial charge in [0.05, 0.1) is 12.3 Å². The van der Waals surface area contributed by atoms with Crippen LogP contribution in [0.5, 0.6) is 5.75 Å². The van der Waals surface area contributed by atoms with Gasteiger partial charge in [0.25, 0.3) is 0 Å². The van der Waals surface area contributed by atoms with E-state index in [-0.39, 0.29) is 11.9 Å². The molecular formula is C14H14F2N2O2S. The van der Waals surface area contributed by atoms with Gasteiger partial charge in [-0.05, 0) is 18.2 Å². The monoisotopic (exact) mass is 312 g/mol. The van der Waals surface area contributed by atoms with Crippen molar-refractivity contribution in [3.8, 4) is 17.0 Å². The molecule has 7 heteroatoms. The van der Waals surface area contributed by atoms with Crippen LogP contribution in [-0.4, -0.2) is 31.5 Å². The van der Waals surface area contributed by atoms with Gasteiger partial charge >= 0.3 is 0 Å². The van der Waals surface area contributed by atoms with E-state index < -0.39 is 12.7 Å². The lowest BCUT2D eigenvalue weighted by Crippen LogP contribution is -2.33. The minimum atomic E-state index is -0.967. The summed E-state index contributed by atoms with van der Waals surface area (Å²) in [4.78, 5) is 4.47. The highest BCUT2D eigenvalue weighted by molar-refractivity contribution is 7.10. The third-order valence-corrected chi connectivity index (χ3v) is 4.09. The molecule has 0 unspecified atom stereocenters. The maximum Gasteiger partial charge on any atom is 0.228 e. The van der Waals surface area contributed by atoms with E-state index in [9.17, 15) is 8.78 Å². The Balaban J connectivity index is 1.90. The van der Waals surface area contributed by atoms with Gasteiger partial charge in [-0.2, -0.15) is 0 Å². The number of benzene rings is 1. The molecule has 0 saturated carbocycles. The smallest absolute Gasteiger partial charge is 0.228 e. The number of rotatable bonds is 4. The molecule has 1 aliphatic heterocycles. The SMILES string of the molecule is FCOc1ccc(F)cc1-c1csc([C@H]2CNCCO2)n1. The second-order valence-electron chi connectivity index (χ2n) is 4.53. The third-order valence-electron chi connectivity index (χ3n) is 3.15. The highest BCUT2D eigenvalue weighted by atomic mass is 32.1. The second-order valence-corrected chi connectivity index (χ2v) is 5.42. The molecule has 2 aromatic rings. The predicted molar refractivity (Wildman–Crippen MR) is 75.7 cm³/mol. The van der Waals surface area contributed by atoms with Crippen LogP contribution in [0, 0.1) is 5.82 Å². The summed E-state index contributed by atoms with van der Waals surface area (Å²) in [5.41, 5.74) is 1.01. The normalized spacial score (nSPS) is 18.7. The average molecular weight is 312 g/mol. The largest absolute Gasteiger partial charge is 0.462 e. The summed E-state index contributed by atoms with van der Waals surface area (Å²) in [5.74, 6) is -0.139. The summed E-state index contributed by atoms with van der Waals surface area (Å²) >= 11 is 1.44. The van der Waals surface area contributed by atoms with Crippen LogP contribution in [-0.2, 0) is 4.74 Å². The molecule has 1 aromatic heterocycles. The van der Waals surface area contributed by atoms with Crippen LogP contribution in [0.4, 0.5) is 8.78 Å². The lowest BCUT2D eigenvalue weighted by molar-refractivity contribution is 0.0276. The van der Waals surface area contributed by atoms with Gasteiger partial charge in [-0.15, -0.1) is 11.3 Å². The third kappa shape index (κ3) is 3.20. The highest BCUT2D eigenvalue weighted by Gasteiger charge is 2.20. The standard InChI is InChI=1S/C14H14F2N2O2S/c15-8-20-12-2-1-9(16)5-10(12)11-7-21-14(18-11)13-6-17-3-4-19-13/h1-2,5,7,13,17H,3-4,6,8H2/t13-/m1/s1. The Morgan fingerprint density at radius 2 is 2.38 bits per heavy atom. The number of nitrogens with zero attached hydrogens (tertiary/aromatic N) is 1. The quantitative estimate of drug-likeness (QED) is 0.943. The molecule has 2 heterocycles. The lowest BCUT2D eigenvalue weighted by atomic mass is 10.1. The maximum absolute atomic E-state index is 13.4. The van der Waals surface area contributed by atoms with Gasteiger partial charge < -0.3 is 14.8 Å². The molecular weight excluding hydrogens is 298 g/mol. The van der Waals surface area contributed by atoms with Crippen LogP contribution in [0.25, 0.3) is 11.3 Å². The Morgan fingerprint density at radius 3 is 3.14 bits per heavy atom. The summed E-state index contributed by atoms with van der Waals surface area (Å²) in [6.07, 6.45) is -0.100. The molecule has 112 valence electrons. The molecule has 1 aliphatic rings. The van der Waals surface area contributed by atoms with E-state index in [0.717, 1.165) is 11.6 Å². The number of morpholine rings is 1. The van der Waals surface area contributed by atoms with Crippen LogP contribution in [0.2, 0.25) is 0 Å². The van der Waals surface area contributed by atoms with E-state index in [0.29, 0.717) is 24.4 Å². The molecule has 21 heavy (non-hydrogen) atoms. The van der Waals surface area contributed by atoms with E-state index in [2.05, 4.69) is 10.3 Å². The first-order valence-electron chi connectivity index (χ1n) is 6.54. The Labute approximate surface area is 124 Å². The molecule has 1 atom stereocenters. The predicted octanol–water partition coefficient (Wildman–Crippen LogP) is 2.92. The number of aromatic nitrogens is 1. The molecule has 3 rings (SSSR count). The summed E-state index contributed by atoms with van der Waals surface area (Å²) < 4.78 is 36.4. The zero-order valence-corrected chi connectivity index (χ0v) is 12.0. The van der Waals surface area contributed by atoms with Gasteiger partial charge in [0.1, 0.15) is 22.7 Å². The van der Waals surface area contributed by atoms with Crippen LogP contribution in [0.3, 0.4) is 0 Å². The van der Waals surface area contributed by atoms with Crippen molar-refractivity contribution in [3.05, 3.63) is 34.4 Å². The van der Waals surface area contributed by atoms with Gasteiger partial charge in [0.2, 0.25) is 6.86 Å². The van der Waals surface area contributed by atoms with Crippen LogP contribution in [0.1, 0.15) is 11.1 Å². The van der Waals surface area contributed by atoms with E-state index in [1.807, 2.05) is 0 Å². The number of alkyl halides is 1. The highest BCUT2D eigenvalue weighted by Crippen LogP contribution is 2.33. The molecule has 1 fully saturated rings. The minimum absolute atomic E-state index is 0.100. The second kappa shape index (κ2) is 6.46. The van der Waals surface area contributed by atoms with Crippen LogP contribution in [0.15, 0.2) is 23.6 Å². The van der Waals surface area contributed by atoms with E-state index in [1.54, 1.807) is 5.38 Å². The molecule has 0 spiro atoms. The first-order chi connectivity index (χ1) is 10.3. The summed E-state index contributed by atoms with van der Waals surface area (Å²) in [6.45, 7) is 1.19. The fourth-order valence-electron chi connectivity index (χ4n) is 2.17. The first kappa shape index (κ1) is 14.4. The van der Waals surface area contributed by atoms with Crippen molar-refractivity contribution >= 4 is 11.3 Å². The van der Waals surface area contributed by atoms with Crippen molar-refractivity contribution in [2.45, 2.75) is 6.10 Å². The molecule has 0 amide bonds. The van der Waals surface area contributed by atoms with E-state index in [1.165, 1.54) is 29.5 Å². The Kier molecular flexibility index (Phi) is 4.42. The zero-order chi connectivity index (χ0) is 14.7. The van der Waals surface area contributed by atoms with E-state index in [4.69, 9.17) is 9.47 Å². The van der Waals surface area contributed by atoms with Gasteiger partial charge in [-0.3, -0.25) is 0 Å². The number of hydrogen-bond donors (Lipinski definition) is 1. The Hall–Kier alpha value is -1.57. The van der Waals surface area contributed by atoms with Crippen molar-refractivity contribution in [1.82, 2.24) is 10.3 Å². The summed E-state index contributed by atoms with van der Waals surface area (Å²) in [5, 5.41) is 5.84. The van der Waals surface area contributed by atoms with Gasteiger partial charge in [0.15, 0.2) is 0 Å². The number of halogens is 2. The van der Waals surface area contributed by atoms with Gasteiger partial charge in [0, 0.05) is 24.0 Å². The Bertz CT molecular complexity index is 615. The van der Waals surface area contributed by atoms with Crippen molar-refractivity contribution < 1.29 is 18.3 Å². The lowest BCUT2D eigenvalue weighted by Gasteiger charge is -2.21. The summed E-state index contributed by atoms with van der Waals surface area (Å²) in [7, 11) is 0.